The van der Waals surface area contributed by atoms with Crippen molar-refractivity contribution in [3.63, 3.8) is 0 Å². The number of imidazole rings is 1. The first-order valence-corrected chi connectivity index (χ1v) is 6.86. The van der Waals surface area contributed by atoms with E-state index in [-0.39, 0.29) is 0 Å². The van der Waals surface area contributed by atoms with Gasteiger partial charge in [0.15, 0.2) is 0 Å². The van der Waals surface area contributed by atoms with Crippen molar-refractivity contribution in [1.82, 2.24) is 9.38 Å². The highest BCUT2D eigenvalue weighted by atomic mass is 15.2. The first-order valence-electron chi connectivity index (χ1n) is 6.86. The fourth-order valence-corrected chi connectivity index (χ4v) is 2.99. The van der Waals surface area contributed by atoms with Crippen LogP contribution in [-0.2, 0) is 13.0 Å². The predicted octanol–water partition coefficient (Wildman–Crippen LogP) is 2.48. The average Bonchev–Trinajstić information content (AvgIpc) is 2.96. The maximum absolute atomic E-state index is 6.13. The lowest BCUT2D eigenvalue weighted by atomic mass is 9.98. The van der Waals surface area contributed by atoms with E-state index in [2.05, 4.69) is 32.5 Å². The lowest BCUT2D eigenvalue weighted by molar-refractivity contribution is 0.717. The fraction of sp³-hybridized carbons (Fsp3) is 0.188. The number of nitrogens with two attached hydrogens (primary N) is 1. The van der Waals surface area contributed by atoms with Gasteiger partial charge >= 0.3 is 0 Å². The van der Waals surface area contributed by atoms with Crippen LogP contribution in [0.1, 0.15) is 11.1 Å². The molecular formula is C16H16N4. The first-order chi connectivity index (χ1) is 9.83. The molecule has 4 heteroatoms. The summed E-state index contributed by atoms with van der Waals surface area (Å²) in [7, 11) is 0. The molecule has 0 saturated heterocycles. The van der Waals surface area contributed by atoms with Crippen molar-refractivity contribution in [1.29, 1.82) is 0 Å². The van der Waals surface area contributed by atoms with Crippen LogP contribution in [0.15, 0.2) is 48.8 Å². The molecule has 2 N–H and O–H groups in total. The van der Waals surface area contributed by atoms with Gasteiger partial charge in [0.2, 0.25) is 0 Å². The zero-order chi connectivity index (χ0) is 13.5. The van der Waals surface area contributed by atoms with E-state index in [4.69, 9.17) is 5.73 Å². The van der Waals surface area contributed by atoms with Crippen LogP contribution in [0.5, 0.6) is 0 Å². The molecule has 100 valence electrons. The van der Waals surface area contributed by atoms with Crippen molar-refractivity contribution >= 4 is 17.2 Å². The van der Waals surface area contributed by atoms with E-state index < -0.39 is 0 Å². The van der Waals surface area contributed by atoms with E-state index in [1.54, 1.807) is 0 Å². The van der Waals surface area contributed by atoms with Gasteiger partial charge in [-0.2, -0.15) is 0 Å². The molecule has 1 aromatic carbocycles. The highest BCUT2D eigenvalue weighted by Gasteiger charge is 2.19. The van der Waals surface area contributed by atoms with Gasteiger partial charge < -0.3 is 10.6 Å². The smallest absolute Gasteiger partial charge is 0.138 e. The van der Waals surface area contributed by atoms with Gasteiger partial charge in [-0.25, -0.2) is 4.98 Å². The monoisotopic (exact) mass is 264 g/mol. The maximum Gasteiger partial charge on any atom is 0.138 e. The third kappa shape index (κ3) is 1.65. The molecule has 0 radical (unpaired) electrons. The van der Waals surface area contributed by atoms with Crippen molar-refractivity contribution in [2.45, 2.75) is 13.0 Å². The summed E-state index contributed by atoms with van der Waals surface area (Å²) in [6.45, 7) is 1.87. The van der Waals surface area contributed by atoms with Gasteiger partial charge in [0.25, 0.3) is 0 Å². The minimum absolute atomic E-state index is 0.860. The molecule has 1 aliphatic heterocycles. The molecule has 0 bridgehead atoms. The van der Waals surface area contributed by atoms with Gasteiger partial charge in [-0.05, 0) is 35.7 Å². The van der Waals surface area contributed by atoms with Gasteiger partial charge in [0, 0.05) is 31.2 Å². The molecule has 1 aliphatic rings. The standard InChI is InChI=1S/C16H16N4/c17-14-4-1-3-12-7-9-19(11-13(12)14)16-6-2-5-15-18-8-10-20(15)16/h1-6,8,10H,7,9,11,17H2. The summed E-state index contributed by atoms with van der Waals surface area (Å²) in [5, 5.41) is 0. The third-order valence-electron chi connectivity index (χ3n) is 4.04. The molecule has 0 aliphatic carbocycles. The Morgan fingerprint density at radius 1 is 1.10 bits per heavy atom. The number of pyridine rings is 1. The minimum atomic E-state index is 0.860. The molecule has 3 heterocycles. The lowest BCUT2D eigenvalue weighted by Gasteiger charge is -2.31. The predicted molar refractivity (Wildman–Crippen MR) is 80.8 cm³/mol. The number of nitrogens with zero attached hydrogens (tertiary/aromatic N) is 3. The van der Waals surface area contributed by atoms with E-state index in [0.29, 0.717) is 0 Å². The third-order valence-corrected chi connectivity index (χ3v) is 4.04. The number of hydrogen-bond donors (Lipinski definition) is 1. The van der Waals surface area contributed by atoms with E-state index in [0.717, 1.165) is 30.8 Å². The molecule has 4 nitrogen and oxygen atoms in total. The Morgan fingerprint density at radius 2 is 2.00 bits per heavy atom. The second-order valence-corrected chi connectivity index (χ2v) is 5.20. The van der Waals surface area contributed by atoms with Crippen molar-refractivity contribution < 1.29 is 0 Å². The molecule has 0 spiro atoms. The summed E-state index contributed by atoms with van der Waals surface area (Å²) in [5.74, 6) is 1.17. The van der Waals surface area contributed by atoms with E-state index >= 15 is 0 Å². The number of rotatable bonds is 1. The van der Waals surface area contributed by atoms with Gasteiger partial charge in [0.05, 0.1) is 0 Å². The Morgan fingerprint density at radius 3 is 2.95 bits per heavy atom. The summed E-state index contributed by atoms with van der Waals surface area (Å²) in [6, 6.07) is 12.4. The Labute approximate surface area is 117 Å². The topological polar surface area (TPSA) is 46.6 Å². The summed E-state index contributed by atoms with van der Waals surface area (Å²) in [5.41, 5.74) is 10.6. The Hall–Kier alpha value is -2.49. The molecule has 3 aromatic rings. The van der Waals surface area contributed by atoms with Gasteiger partial charge in [-0.3, -0.25) is 4.40 Å². The summed E-state index contributed by atoms with van der Waals surface area (Å²) in [6.07, 6.45) is 4.88. The zero-order valence-electron chi connectivity index (χ0n) is 11.2. The number of benzene rings is 1. The first kappa shape index (κ1) is 11.3. The largest absolute Gasteiger partial charge is 0.398 e. The lowest BCUT2D eigenvalue weighted by Crippen LogP contribution is -2.32. The quantitative estimate of drug-likeness (QED) is 0.687. The van der Waals surface area contributed by atoms with Crippen LogP contribution < -0.4 is 10.6 Å². The summed E-state index contributed by atoms with van der Waals surface area (Å²) < 4.78 is 2.13. The SMILES string of the molecule is Nc1cccc2c1CN(c1cccc3nccn13)CC2. The van der Waals surface area contributed by atoms with Crippen molar-refractivity contribution in [2.75, 3.05) is 17.2 Å². The Bertz CT molecular complexity index is 775. The highest BCUT2D eigenvalue weighted by molar-refractivity contribution is 5.58. The second kappa shape index (κ2) is 4.27. The van der Waals surface area contributed by atoms with Gasteiger partial charge in [-0.15, -0.1) is 0 Å². The van der Waals surface area contributed by atoms with Crippen LogP contribution in [0, 0.1) is 0 Å². The van der Waals surface area contributed by atoms with Crippen LogP contribution >= 0.6 is 0 Å². The van der Waals surface area contributed by atoms with Crippen LogP contribution in [0.2, 0.25) is 0 Å². The van der Waals surface area contributed by atoms with Gasteiger partial charge in [0.1, 0.15) is 11.5 Å². The number of nitrogen functional groups attached to an aromatic ring is 1. The number of anilines is 2. The minimum Gasteiger partial charge on any atom is -0.398 e. The number of fused-ring (bicyclic) bond motifs is 2. The molecule has 0 unspecified atom stereocenters. The fourth-order valence-electron chi connectivity index (χ4n) is 2.99. The number of hydrogen-bond acceptors (Lipinski definition) is 3. The number of aromatic nitrogens is 2. The molecule has 0 amide bonds. The van der Waals surface area contributed by atoms with Crippen LogP contribution in [-0.4, -0.2) is 15.9 Å². The molecule has 4 rings (SSSR count). The molecule has 2 aromatic heterocycles. The summed E-state index contributed by atoms with van der Waals surface area (Å²) >= 11 is 0. The molecule has 20 heavy (non-hydrogen) atoms. The normalized spacial score (nSPS) is 14.5. The van der Waals surface area contributed by atoms with Crippen molar-refractivity contribution in [3.8, 4) is 0 Å². The van der Waals surface area contributed by atoms with E-state index in [1.165, 1.54) is 16.9 Å². The van der Waals surface area contributed by atoms with Gasteiger partial charge in [-0.1, -0.05) is 18.2 Å². The van der Waals surface area contributed by atoms with Crippen molar-refractivity contribution in [3.05, 3.63) is 59.9 Å². The zero-order valence-corrected chi connectivity index (χ0v) is 11.2. The molecule has 0 atom stereocenters. The van der Waals surface area contributed by atoms with Crippen molar-refractivity contribution in [2.24, 2.45) is 0 Å². The maximum atomic E-state index is 6.13. The van der Waals surface area contributed by atoms with E-state index in [9.17, 15) is 0 Å². The average molecular weight is 264 g/mol. The van der Waals surface area contributed by atoms with E-state index in [1.807, 2.05) is 30.6 Å². The van der Waals surface area contributed by atoms with Crippen LogP contribution in [0.4, 0.5) is 11.5 Å². The molecule has 0 fully saturated rings. The summed E-state index contributed by atoms with van der Waals surface area (Å²) in [4.78, 5) is 6.72. The molecular weight excluding hydrogens is 248 g/mol. The Kier molecular flexibility index (Phi) is 2.42. The van der Waals surface area contributed by atoms with Crippen LogP contribution in [0.25, 0.3) is 5.65 Å². The molecule has 0 saturated carbocycles. The van der Waals surface area contributed by atoms with Crippen LogP contribution in [0.3, 0.4) is 0 Å². The Balaban J connectivity index is 1.78. The highest BCUT2D eigenvalue weighted by Crippen LogP contribution is 2.28. The second-order valence-electron chi connectivity index (χ2n) is 5.20.